The predicted octanol–water partition coefficient (Wildman–Crippen LogP) is 3.52. The van der Waals surface area contributed by atoms with E-state index < -0.39 is 53.6 Å². The van der Waals surface area contributed by atoms with Gasteiger partial charge in [0.25, 0.3) is 0 Å². The summed E-state index contributed by atoms with van der Waals surface area (Å²) in [5.74, 6) is -1.77. The lowest BCUT2D eigenvalue weighted by atomic mass is 10.1. The highest BCUT2D eigenvalue weighted by atomic mass is 35.5. The van der Waals surface area contributed by atoms with Gasteiger partial charge in [0, 0.05) is 22.8 Å². The number of ether oxygens (including phenoxy) is 1. The lowest BCUT2D eigenvalue weighted by Gasteiger charge is -2.26. The van der Waals surface area contributed by atoms with E-state index in [0.29, 0.717) is 11.8 Å². The number of hydrogen-bond donors (Lipinski definition) is 1. The molecular weight excluding hydrogens is 380 g/mol. The van der Waals surface area contributed by atoms with Gasteiger partial charge in [0.05, 0.1) is 6.42 Å². The second-order valence-electron chi connectivity index (χ2n) is 4.11. The fraction of sp³-hybridized carbons (Fsp3) is 0.900. The molecular formula is C10H14ClF6NO4S. The fourth-order valence-electron chi connectivity index (χ4n) is 1.33. The summed E-state index contributed by atoms with van der Waals surface area (Å²) >= 11 is 6.12. The molecule has 0 aromatic rings. The SMILES string of the molecule is COC(CCC(Cl)(SCCC(F)(F)F)C(N)=O)C(F)(F)F.O=O. The monoisotopic (exact) mass is 393 g/mol. The summed E-state index contributed by atoms with van der Waals surface area (Å²) in [6.07, 6.45) is -13.8. The van der Waals surface area contributed by atoms with E-state index in [-0.39, 0.29) is 0 Å². The molecule has 1 amide bonds. The van der Waals surface area contributed by atoms with Crippen molar-refractivity contribution in [3.05, 3.63) is 9.93 Å². The zero-order valence-electron chi connectivity index (χ0n) is 11.7. The minimum atomic E-state index is -4.67. The van der Waals surface area contributed by atoms with Crippen LogP contribution in [0.1, 0.15) is 19.3 Å². The third kappa shape index (κ3) is 10.6. The summed E-state index contributed by atoms with van der Waals surface area (Å²) in [5.41, 5.74) is 4.96. The van der Waals surface area contributed by atoms with Crippen LogP contribution in [0.15, 0.2) is 0 Å². The molecule has 0 aliphatic heterocycles. The highest BCUT2D eigenvalue weighted by Crippen LogP contribution is 2.39. The smallest absolute Gasteiger partial charge is 0.372 e. The number of alkyl halides is 7. The van der Waals surface area contributed by atoms with Crippen molar-refractivity contribution in [3.63, 3.8) is 0 Å². The first kappa shape index (κ1) is 24.5. The predicted molar refractivity (Wildman–Crippen MR) is 73.7 cm³/mol. The maximum Gasteiger partial charge on any atom is 0.414 e. The van der Waals surface area contributed by atoms with Crippen LogP contribution in [0, 0.1) is 9.93 Å². The van der Waals surface area contributed by atoms with Crippen molar-refractivity contribution in [1.82, 2.24) is 0 Å². The van der Waals surface area contributed by atoms with Gasteiger partial charge in [0.15, 0.2) is 10.3 Å². The van der Waals surface area contributed by atoms with Crippen LogP contribution < -0.4 is 5.73 Å². The molecule has 0 saturated carbocycles. The molecule has 0 saturated heterocycles. The number of primary amides is 1. The largest absolute Gasteiger partial charge is 0.414 e. The zero-order chi connectivity index (χ0) is 18.9. The quantitative estimate of drug-likeness (QED) is 0.503. The maximum absolute atomic E-state index is 12.5. The van der Waals surface area contributed by atoms with Crippen molar-refractivity contribution in [2.45, 2.75) is 41.9 Å². The number of rotatable bonds is 8. The molecule has 0 radical (unpaired) electrons. The average molecular weight is 394 g/mol. The second-order valence-corrected chi connectivity index (χ2v) is 6.37. The fourth-order valence-corrected chi connectivity index (χ4v) is 2.73. The maximum atomic E-state index is 12.5. The Hall–Kier alpha value is -0.750. The molecule has 2 unspecified atom stereocenters. The molecule has 13 heteroatoms. The Morgan fingerprint density at radius 2 is 1.65 bits per heavy atom. The molecule has 0 bridgehead atoms. The minimum Gasteiger partial charge on any atom is -0.372 e. The van der Waals surface area contributed by atoms with Gasteiger partial charge in [-0.15, -0.1) is 11.8 Å². The average Bonchev–Trinajstić information content (AvgIpc) is 2.38. The van der Waals surface area contributed by atoms with Crippen molar-refractivity contribution in [1.29, 1.82) is 0 Å². The van der Waals surface area contributed by atoms with Crippen LogP contribution in [0.3, 0.4) is 0 Å². The van der Waals surface area contributed by atoms with Gasteiger partial charge in [-0.2, -0.15) is 26.3 Å². The topological polar surface area (TPSA) is 86.5 Å². The molecule has 0 heterocycles. The number of hydrogen-bond acceptors (Lipinski definition) is 5. The van der Waals surface area contributed by atoms with Gasteiger partial charge in [-0.3, -0.25) is 4.79 Å². The molecule has 0 aliphatic carbocycles. The van der Waals surface area contributed by atoms with E-state index in [1.54, 1.807) is 0 Å². The van der Waals surface area contributed by atoms with E-state index in [1.165, 1.54) is 0 Å². The first-order valence-electron chi connectivity index (χ1n) is 5.77. The van der Waals surface area contributed by atoms with E-state index in [2.05, 4.69) is 4.74 Å². The van der Waals surface area contributed by atoms with Crippen LogP contribution in [-0.4, -0.2) is 41.4 Å². The van der Waals surface area contributed by atoms with Crippen LogP contribution in [-0.2, 0) is 9.53 Å². The summed E-state index contributed by atoms with van der Waals surface area (Å²) < 4.78 is 75.6. The number of thioether (sulfide) groups is 1. The summed E-state index contributed by atoms with van der Waals surface area (Å²) in [6.45, 7) is 0. The summed E-state index contributed by atoms with van der Waals surface area (Å²) in [6, 6.07) is 0. The van der Waals surface area contributed by atoms with Crippen molar-refractivity contribution in [3.8, 4) is 0 Å². The van der Waals surface area contributed by atoms with Gasteiger partial charge >= 0.3 is 12.4 Å². The van der Waals surface area contributed by atoms with Crippen LogP contribution in [0.4, 0.5) is 26.3 Å². The highest BCUT2D eigenvalue weighted by molar-refractivity contribution is 8.02. The number of amides is 1. The van der Waals surface area contributed by atoms with Crippen LogP contribution in [0.2, 0.25) is 0 Å². The number of halogens is 7. The van der Waals surface area contributed by atoms with Crippen LogP contribution >= 0.6 is 23.4 Å². The van der Waals surface area contributed by atoms with Gasteiger partial charge in [0.1, 0.15) is 0 Å². The summed E-state index contributed by atoms with van der Waals surface area (Å²) in [4.78, 5) is 25.2. The normalized spacial score (nSPS) is 16.0. The molecule has 2 N–H and O–H groups in total. The van der Waals surface area contributed by atoms with Crippen LogP contribution in [0.25, 0.3) is 0 Å². The Kier molecular flexibility index (Phi) is 10.8. The first-order valence-corrected chi connectivity index (χ1v) is 7.14. The van der Waals surface area contributed by atoms with E-state index in [1.807, 2.05) is 0 Å². The lowest BCUT2D eigenvalue weighted by Crippen LogP contribution is -2.39. The molecule has 2 atom stereocenters. The Morgan fingerprint density at radius 1 is 1.17 bits per heavy atom. The molecule has 0 aliphatic rings. The molecule has 0 fully saturated rings. The highest BCUT2D eigenvalue weighted by Gasteiger charge is 2.43. The summed E-state index contributed by atoms with van der Waals surface area (Å²) in [5, 5.41) is 0. The van der Waals surface area contributed by atoms with Crippen molar-refractivity contribution < 1.29 is 35.9 Å². The van der Waals surface area contributed by atoms with E-state index in [9.17, 15) is 31.1 Å². The van der Waals surface area contributed by atoms with E-state index in [4.69, 9.17) is 27.3 Å². The molecule has 138 valence electrons. The summed E-state index contributed by atoms with van der Waals surface area (Å²) in [7, 11) is 0.829. The molecule has 0 aromatic carbocycles. The second kappa shape index (κ2) is 10.2. The van der Waals surface area contributed by atoms with Crippen molar-refractivity contribution >= 4 is 29.3 Å². The molecule has 0 spiro atoms. The molecule has 0 aromatic heterocycles. The van der Waals surface area contributed by atoms with E-state index >= 15 is 0 Å². The van der Waals surface area contributed by atoms with Gasteiger partial charge in [0.2, 0.25) is 5.91 Å². The Balaban J connectivity index is 0. The minimum absolute atomic E-state index is 0.370. The van der Waals surface area contributed by atoms with E-state index in [0.717, 1.165) is 7.11 Å². The third-order valence-corrected chi connectivity index (χ3v) is 4.44. The number of carbonyl (C=O) groups is 1. The molecule has 23 heavy (non-hydrogen) atoms. The van der Waals surface area contributed by atoms with Crippen molar-refractivity contribution in [2.24, 2.45) is 5.73 Å². The standard InChI is InChI=1S/C10H14ClF6NO2S.O2/c1-20-6(10(15,16)17)2-3-8(11,7(18)19)21-5-4-9(12,13)14;1-2/h6H,2-5H2,1H3,(H2,18,19);. The molecule has 0 rings (SSSR count). The number of nitrogens with two attached hydrogens (primary N) is 1. The van der Waals surface area contributed by atoms with Crippen LogP contribution in [0.5, 0.6) is 0 Å². The lowest BCUT2D eigenvalue weighted by molar-refractivity contribution is -0.214. The van der Waals surface area contributed by atoms with Gasteiger partial charge < -0.3 is 10.5 Å². The third-order valence-electron chi connectivity index (χ3n) is 2.46. The number of carbonyl (C=O) groups excluding carboxylic acids is 1. The van der Waals surface area contributed by atoms with Gasteiger partial charge in [-0.1, -0.05) is 11.6 Å². The Labute approximate surface area is 136 Å². The number of methoxy groups -OCH3 is 1. The van der Waals surface area contributed by atoms with Crippen molar-refractivity contribution in [2.75, 3.05) is 12.9 Å². The molecule has 5 nitrogen and oxygen atoms in total. The van der Waals surface area contributed by atoms with Gasteiger partial charge in [-0.05, 0) is 12.8 Å². The van der Waals surface area contributed by atoms with Gasteiger partial charge in [-0.25, -0.2) is 0 Å². The zero-order valence-corrected chi connectivity index (χ0v) is 13.2. The Morgan fingerprint density at radius 3 is 1.96 bits per heavy atom. The first-order chi connectivity index (χ1) is 10.3. The Bertz CT molecular complexity index is 370.